The molecule has 0 N–H and O–H groups in total. The summed E-state index contributed by atoms with van der Waals surface area (Å²) < 4.78 is 7.43. The lowest BCUT2D eigenvalue weighted by Crippen LogP contribution is -2.49. The Morgan fingerprint density at radius 3 is 2.66 bits per heavy atom. The van der Waals surface area contributed by atoms with E-state index in [1.54, 1.807) is 18.4 Å². The quantitative estimate of drug-likeness (QED) is 0.650. The number of hydrogen-bond donors (Lipinski definition) is 0. The highest BCUT2D eigenvalue weighted by atomic mass is 32.1. The molecule has 1 fully saturated rings. The summed E-state index contributed by atoms with van der Waals surface area (Å²) in [4.78, 5) is 22.3. The number of amides is 1. The minimum Gasteiger partial charge on any atom is -0.497 e. The fourth-order valence-corrected chi connectivity index (χ4v) is 5.16. The highest BCUT2D eigenvalue weighted by Gasteiger charge is 2.44. The van der Waals surface area contributed by atoms with E-state index < -0.39 is 0 Å². The minimum absolute atomic E-state index is 0.105. The highest BCUT2D eigenvalue weighted by molar-refractivity contribution is 7.09. The van der Waals surface area contributed by atoms with Crippen molar-refractivity contribution in [2.45, 2.75) is 32.1 Å². The standard InChI is InChI=1S/C22H24N4O2S/c1-15-23-17(14-29-15)11-26-21-13-24(10-16-5-7-18(28-2)8-6-16)12-20(21)25-9-3-4-19(25)22(26)27/h3-9,14,20-21H,10-13H2,1-2H3/t20-,21-/m0/s1. The lowest BCUT2D eigenvalue weighted by atomic mass is 10.1. The molecule has 2 atom stereocenters. The molecule has 4 heterocycles. The summed E-state index contributed by atoms with van der Waals surface area (Å²) in [6.45, 7) is 5.24. The number of likely N-dealkylation sites (tertiary alicyclic amines) is 1. The Morgan fingerprint density at radius 1 is 1.14 bits per heavy atom. The molecule has 6 nitrogen and oxygen atoms in total. The van der Waals surface area contributed by atoms with Crippen LogP contribution in [0.15, 0.2) is 48.0 Å². The van der Waals surface area contributed by atoms with Crippen LogP contribution >= 0.6 is 11.3 Å². The zero-order chi connectivity index (χ0) is 20.0. The summed E-state index contributed by atoms with van der Waals surface area (Å²) in [5, 5.41) is 3.10. The molecule has 1 saturated heterocycles. The van der Waals surface area contributed by atoms with Crippen LogP contribution in [0, 0.1) is 6.92 Å². The minimum atomic E-state index is 0.105. The Kier molecular flexibility index (Phi) is 4.64. The van der Waals surface area contributed by atoms with Crippen molar-refractivity contribution in [2.75, 3.05) is 20.2 Å². The molecule has 1 aromatic carbocycles. The lowest BCUT2D eigenvalue weighted by Gasteiger charge is -2.38. The molecule has 0 spiro atoms. The van der Waals surface area contributed by atoms with Crippen LogP contribution in [0.1, 0.15) is 32.8 Å². The molecule has 2 aromatic heterocycles. The van der Waals surface area contributed by atoms with Crippen LogP contribution in [-0.4, -0.2) is 51.5 Å². The van der Waals surface area contributed by atoms with Crippen molar-refractivity contribution in [1.82, 2.24) is 19.4 Å². The number of carbonyl (C=O) groups excluding carboxylic acids is 1. The average molecular weight is 409 g/mol. The first-order chi connectivity index (χ1) is 14.1. The number of aryl methyl sites for hydroxylation is 1. The van der Waals surface area contributed by atoms with Crippen molar-refractivity contribution >= 4 is 17.2 Å². The fourth-order valence-electron chi connectivity index (χ4n) is 4.55. The van der Waals surface area contributed by atoms with E-state index in [9.17, 15) is 4.79 Å². The van der Waals surface area contributed by atoms with Gasteiger partial charge in [-0.3, -0.25) is 9.69 Å². The van der Waals surface area contributed by atoms with E-state index in [2.05, 4.69) is 32.0 Å². The Hall–Kier alpha value is -2.64. The van der Waals surface area contributed by atoms with Gasteiger partial charge in [0.2, 0.25) is 0 Å². The van der Waals surface area contributed by atoms with E-state index in [0.717, 1.165) is 41.8 Å². The van der Waals surface area contributed by atoms with Crippen LogP contribution in [0.2, 0.25) is 0 Å². The van der Waals surface area contributed by atoms with Crippen LogP contribution in [-0.2, 0) is 13.1 Å². The maximum absolute atomic E-state index is 13.2. The van der Waals surface area contributed by atoms with Crippen LogP contribution in [0.3, 0.4) is 0 Å². The van der Waals surface area contributed by atoms with Crippen molar-refractivity contribution in [1.29, 1.82) is 0 Å². The molecule has 29 heavy (non-hydrogen) atoms. The third-order valence-corrected chi connectivity index (χ3v) is 6.74. The van der Waals surface area contributed by atoms with Crippen molar-refractivity contribution in [3.63, 3.8) is 0 Å². The van der Waals surface area contributed by atoms with Crippen molar-refractivity contribution < 1.29 is 9.53 Å². The Morgan fingerprint density at radius 2 is 1.93 bits per heavy atom. The third kappa shape index (κ3) is 3.34. The molecule has 0 saturated carbocycles. The first-order valence-corrected chi connectivity index (χ1v) is 10.7. The van der Waals surface area contributed by atoms with Gasteiger partial charge < -0.3 is 14.2 Å². The molecule has 2 aliphatic heterocycles. The van der Waals surface area contributed by atoms with Crippen LogP contribution in [0.5, 0.6) is 5.75 Å². The summed E-state index contributed by atoms with van der Waals surface area (Å²) in [5.41, 5.74) is 3.02. The summed E-state index contributed by atoms with van der Waals surface area (Å²) in [7, 11) is 1.68. The number of hydrogen-bond acceptors (Lipinski definition) is 5. The van der Waals surface area contributed by atoms with Crippen molar-refractivity contribution in [3.05, 3.63) is 69.9 Å². The first-order valence-electron chi connectivity index (χ1n) is 9.86. The zero-order valence-corrected chi connectivity index (χ0v) is 17.4. The van der Waals surface area contributed by atoms with E-state index in [4.69, 9.17) is 4.74 Å². The van der Waals surface area contributed by atoms with Crippen LogP contribution < -0.4 is 4.74 Å². The predicted octanol–water partition coefficient (Wildman–Crippen LogP) is 3.34. The van der Waals surface area contributed by atoms with Gasteiger partial charge in [0, 0.05) is 31.2 Å². The van der Waals surface area contributed by atoms with Crippen LogP contribution in [0.4, 0.5) is 0 Å². The number of benzene rings is 1. The average Bonchev–Trinajstić information content (AvgIpc) is 3.45. The number of methoxy groups -OCH3 is 1. The molecule has 5 rings (SSSR count). The van der Waals surface area contributed by atoms with Crippen molar-refractivity contribution in [3.8, 4) is 5.75 Å². The molecule has 150 valence electrons. The number of ether oxygens (including phenoxy) is 1. The third-order valence-electron chi connectivity index (χ3n) is 5.92. The molecule has 0 aliphatic carbocycles. The Balaban J connectivity index is 1.39. The van der Waals surface area contributed by atoms with E-state index in [1.807, 2.05) is 42.3 Å². The van der Waals surface area contributed by atoms with Gasteiger partial charge in [-0.05, 0) is 36.8 Å². The van der Waals surface area contributed by atoms with Gasteiger partial charge in [-0.1, -0.05) is 12.1 Å². The van der Waals surface area contributed by atoms with E-state index in [1.165, 1.54) is 5.56 Å². The summed E-state index contributed by atoms with van der Waals surface area (Å²) in [5.74, 6) is 0.976. The number of thiazole rings is 1. The largest absolute Gasteiger partial charge is 0.497 e. The molecule has 0 unspecified atom stereocenters. The fraction of sp³-hybridized carbons (Fsp3) is 0.364. The molecule has 7 heteroatoms. The normalized spacial score (nSPS) is 21.3. The summed E-state index contributed by atoms with van der Waals surface area (Å²) in [6.07, 6.45) is 2.05. The summed E-state index contributed by atoms with van der Waals surface area (Å²) in [6, 6.07) is 12.6. The zero-order valence-electron chi connectivity index (χ0n) is 16.6. The van der Waals surface area contributed by atoms with Gasteiger partial charge in [0.25, 0.3) is 5.91 Å². The predicted molar refractivity (Wildman–Crippen MR) is 112 cm³/mol. The van der Waals surface area contributed by atoms with Gasteiger partial charge in [-0.15, -0.1) is 11.3 Å². The maximum Gasteiger partial charge on any atom is 0.271 e. The smallest absolute Gasteiger partial charge is 0.271 e. The molecule has 0 bridgehead atoms. The van der Waals surface area contributed by atoms with Gasteiger partial charge in [0.05, 0.1) is 36.4 Å². The Labute approximate surface area is 174 Å². The van der Waals surface area contributed by atoms with Gasteiger partial charge >= 0.3 is 0 Å². The second kappa shape index (κ2) is 7.31. The highest BCUT2D eigenvalue weighted by Crippen LogP contribution is 2.35. The van der Waals surface area contributed by atoms with E-state index in [-0.39, 0.29) is 18.0 Å². The van der Waals surface area contributed by atoms with Gasteiger partial charge in [0.15, 0.2) is 0 Å². The maximum atomic E-state index is 13.2. The second-order valence-corrected chi connectivity index (χ2v) is 8.83. The van der Waals surface area contributed by atoms with E-state index >= 15 is 0 Å². The molecule has 1 amide bonds. The number of aromatic nitrogens is 2. The van der Waals surface area contributed by atoms with Crippen LogP contribution in [0.25, 0.3) is 0 Å². The Bertz CT molecular complexity index is 1030. The monoisotopic (exact) mass is 408 g/mol. The molecular formula is C22H24N4O2S. The van der Waals surface area contributed by atoms with Gasteiger partial charge in [0.1, 0.15) is 11.4 Å². The van der Waals surface area contributed by atoms with Gasteiger partial charge in [-0.2, -0.15) is 0 Å². The van der Waals surface area contributed by atoms with Gasteiger partial charge in [-0.25, -0.2) is 4.98 Å². The van der Waals surface area contributed by atoms with E-state index in [0.29, 0.717) is 6.54 Å². The molecule has 2 aliphatic rings. The topological polar surface area (TPSA) is 50.6 Å². The second-order valence-electron chi connectivity index (χ2n) is 7.77. The number of carbonyl (C=O) groups is 1. The number of rotatable bonds is 5. The molecular weight excluding hydrogens is 384 g/mol. The summed E-state index contributed by atoms with van der Waals surface area (Å²) >= 11 is 1.64. The SMILES string of the molecule is COc1ccc(CN2C[C@H]3[C@H](C2)n2cccc2C(=O)N3Cc2csc(C)n2)cc1. The molecule has 0 radical (unpaired) electrons. The number of nitrogens with zero attached hydrogens (tertiary/aromatic N) is 4. The van der Waals surface area contributed by atoms with Crippen molar-refractivity contribution in [2.24, 2.45) is 0 Å². The molecule has 3 aromatic rings. The number of fused-ring (bicyclic) bond motifs is 3. The lowest BCUT2D eigenvalue weighted by molar-refractivity contribution is 0.0553. The first kappa shape index (κ1) is 18.4.